The number of halogens is 1. The van der Waals surface area contributed by atoms with E-state index in [-0.39, 0.29) is 30.9 Å². The lowest BCUT2D eigenvalue weighted by molar-refractivity contribution is -0.142. The summed E-state index contributed by atoms with van der Waals surface area (Å²) < 4.78 is 0. The van der Waals surface area contributed by atoms with Crippen molar-refractivity contribution < 1.29 is 14.7 Å². The first kappa shape index (κ1) is 19.5. The molecule has 1 aliphatic heterocycles. The fourth-order valence-corrected chi connectivity index (χ4v) is 2.88. The Hall–Kier alpha value is -1.59. The summed E-state index contributed by atoms with van der Waals surface area (Å²) in [5.41, 5.74) is 3.49. The van der Waals surface area contributed by atoms with Gasteiger partial charge in [0.05, 0.1) is 12.6 Å². The molecule has 2 rings (SSSR count). The van der Waals surface area contributed by atoms with E-state index < -0.39 is 12.0 Å². The Morgan fingerprint density at radius 3 is 2.65 bits per heavy atom. The number of carbonyl (C=O) groups excluding carboxylic acids is 1. The van der Waals surface area contributed by atoms with E-state index in [1.54, 1.807) is 4.90 Å². The second-order valence-corrected chi connectivity index (χ2v) is 6.10. The molecule has 0 aliphatic carbocycles. The maximum absolute atomic E-state index is 12.2. The zero-order chi connectivity index (χ0) is 16.3. The standard InChI is InChI=1S/C17H24N2O3.ClH/c1-11-6-7-14(9-12(11)2)13(3)18-16(20)10-19-8-4-5-15(19)17(21)22;/h6-7,9,13,15H,4-5,8,10H2,1-3H3,(H,18,20)(H,21,22);1H/t13?,15-;/m1./s1. The number of amides is 1. The molecule has 6 heteroatoms. The second-order valence-electron chi connectivity index (χ2n) is 6.10. The van der Waals surface area contributed by atoms with Crippen molar-refractivity contribution in [3.8, 4) is 0 Å². The summed E-state index contributed by atoms with van der Waals surface area (Å²) >= 11 is 0. The fraction of sp³-hybridized carbons (Fsp3) is 0.529. The predicted molar refractivity (Wildman–Crippen MR) is 92.0 cm³/mol. The summed E-state index contributed by atoms with van der Waals surface area (Å²) in [7, 11) is 0. The molecule has 5 nitrogen and oxygen atoms in total. The molecule has 1 unspecified atom stereocenters. The van der Waals surface area contributed by atoms with Crippen LogP contribution in [-0.4, -0.2) is 41.0 Å². The summed E-state index contributed by atoms with van der Waals surface area (Å²) in [5, 5.41) is 12.1. The van der Waals surface area contributed by atoms with Gasteiger partial charge in [0.2, 0.25) is 5.91 Å². The Kier molecular flexibility index (Phi) is 7.03. The van der Waals surface area contributed by atoms with Crippen molar-refractivity contribution in [2.45, 2.75) is 45.7 Å². The Morgan fingerprint density at radius 2 is 2.04 bits per heavy atom. The quantitative estimate of drug-likeness (QED) is 0.863. The molecule has 0 spiro atoms. The van der Waals surface area contributed by atoms with Crippen molar-refractivity contribution in [2.24, 2.45) is 0 Å². The number of nitrogens with zero attached hydrogens (tertiary/aromatic N) is 1. The van der Waals surface area contributed by atoms with Crippen LogP contribution >= 0.6 is 12.4 Å². The molecule has 1 saturated heterocycles. The summed E-state index contributed by atoms with van der Waals surface area (Å²) in [6.07, 6.45) is 1.45. The van der Waals surface area contributed by atoms with Crippen LogP contribution in [0.2, 0.25) is 0 Å². The highest BCUT2D eigenvalue weighted by molar-refractivity contribution is 5.85. The van der Waals surface area contributed by atoms with Crippen molar-refractivity contribution in [2.75, 3.05) is 13.1 Å². The van der Waals surface area contributed by atoms with Crippen LogP contribution in [0, 0.1) is 13.8 Å². The van der Waals surface area contributed by atoms with E-state index >= 15 is 0 Å². The van der Waals surface area contributed by atoms with Crippen LogP contribution in [0.25, 0.3) is 0 Å². The van der Waals surface area contributed by atoms with Crippen LogP contribution in [0.5, 0.6) is 0 Å². The minimum absolute atomic E-state index is 0. The third-order valence-electron chi connectivity index (χ3n) is 4.40. The van der Waals surface area contributed by atoms with Gasteiger partial charge in [0.1, 0.15) is 6.04 Å². The molecule has 0 aromatic heterocycles. The minimum atomic E-state index is -0.840. The van der Waals surface area contributed by atoms with Gasteiger partial charge < -0.3 is 10.4 Å². The van der Waals surface area contributed by atoms with E-state index in [4.69, 9.17) is 5.11 Å². The number of hydrogen-bond donors (Lipinski definition) is 2. The van der Waals surface area contributed by atoms with Gasteiger partial charge in [-0.2, -0.15) is 0 Å². The van der Waals surface area contributed by atoms with Crippen molar-refractivity contribution in [1.82, 2.24) is 10.2 Å². The Bertz CT molecular complexity index is 577. The zero-order valence-corrected chi connectivity index (χ0v) is 14.7. The first-order chi connectivity index (χ1) is 10.4. The topological polar surface area (TPSA) is 69.6 Å². The van der Waals surface area contributed by atoms with Crippen molar-refractivity contribution >= 4 is 24.3 Å². The van der Waals surface area contributed by atoms with Gasteiger partial charge in [-0.1, -0.05) is 18.2 Å². The van der Waals surface area contributed by atoms with Gasteiger partial charge in [0.25, 0.3) is 0 Å². The number of benzene rings is 1. The highest BCUT2D eigenvalue weighted by Crippen LogP contribution is 2.18. The molecule has 2 N–H and O–H groups in total. The van der Waals surface area contributed by atoms with Crippen LogP contribution in [0.4, 0.5) is 0 Å². The SMILES string of the molecule is Cc1ccc(C(C)NC(=O)CN2CCC[C@@H]2C(=O)O)cc1C.Cl. The maximum Gasteiger partial charge on any atom is 0.320 e. The van der Waals surface area contributed by atoms with E-state index in [1.807, 2.05) is 19.1 Å². The molecule has 1 aliphatic rings. The molecule has 1 heterocycles. The van der Waals surface area contributed by atoms with Crippen LogP contribution in [0.1, 0.15) is 42.5 Å². The summed E-state index contributed by atoms with van der Waals surface area (Å²) in [6, 6.07) is 5.54. The van der Waals surface area contributed by atoms with Crippen molar-refractivity contribution in [3.05, 3.63) is 34.9 Å². The lowest BCUT2D eigenvalue weighted by atomic mass is 10.0. The molecule has 1 aromatic rings. The number of aryl methyl sites for hydroxylation is 2. The number of carboxylic acids is 1. The molecule has 1 amide bonds. The van der Waals surface area contributed by atoms with Gasteiger partial charge in [0.15, 0.2) is 0 Å². The minimum Gasteiger partial charge on any atom is -0.480 e. The van der Waals surface area contributed by atoms with Crippen molar-refractivity contribution in [1.29, 1.82) is 0 Å². The Labute approximate surface area is 143 Å². The number of carboxylic acid groups (broad SMARTS) is 1. The van der Waals surface area contributed by atoms with Crippen molar-refractivity contribution in [3.63, 3.8) is 0 Å². The largest absolute Gasteiger partial charge is 0.480 e. The average molecular weight is 341 g/mol. The average Bonchev–Trinajstić information content (AvgIpc) is 2.89. The van der Waals surface area contributed by atoms with Gasteiger partial charge in [-0.05, 0) is 56.8 Å². The lowest BCUT2D eigenvalue weighted by Gasteiger charge is -2.22. The number of aliphatic carboxylic acids is 1. The van der Waals surface area contributed by atoms with Gasteiger partial charge in [-0.3, -0.25) is 14.5 Å². The number of nitrogens with one attached hydrogen (secondary N) is 1. The first-order valence-electron chi connectivity index (χ1n) is 7.72. The number of likely N-dealkylation sites (tertiary alicyclic amines) is 1. The van der Waals surface area contributed by atoms with E-state index in [9.17, 15) is 9.59 Å². The molecule has 1 aromatic carbocycles. The Balaban J connectivity index is 0.00000264. The molecule has 23 heavy (non-hydrogen) atoms. The van der Waals surface area contributed by atoms with Gasteiger partial charge in [-0.25, -0.2) is 0 Å². The third-order valence-corrected chi connectivity index (χ3v) is 4.40. The van der Waals surface area contributed by atoms with E-state index in [2.05, 4.69) is 25.2 Å². The summed E-state index contributed by atoms with van der Waals surface area (Å²) in [6.45, 7) is 6.87. The number of rotatable bonds is 5. The molecular formula is C17H25ClN2O3. The summed E-state index contributed by atoms with van der Waals surface area (Å²) in [5.74, 6) is -0.966. The molecular weight excluding hydrogens is 316 g/mol. The van der Waals surface area contributed by atoms with E-state index in [0.717, 1.165) is 12.0 Å². The zero-order valence-electron chi connectivity index (χ0n) is 13.8. The highest BCUT2D eigenvalue weighted by Gasteiger charge is 2.31. The van der Waals surface area contributed by atoms with Crippen LogP contribution in [0.15, 0.2) is 18.2 Å². The van der Waals surface area contributed by atoms with Crippen LogP contribution < -0.4 is 5.32 Å². The summed E-state index contributed by atoms with van der Waals surface area (Å²) in [4.78, 5) is 25.0. The molecule has 2 atom stereocenters. The molecule has 0 saturated carbocycles. The number of carbonyl (C=O) groups is 2. The second kappa shape index (κ2) is 8.31. The van der Waals surface area contributed by atoms with Crippen LogP contribution in [-0.2, 0) is 9.59 Å². The molecule has 128 valence electrons. The van der Waals surface area contributed by atoms with Gasteiger partial charge in [0, 0.05) is 0 Å². The predicted octanol–water partition coefficient (Wildman–Crippen LogP) is 2.45. The van der Waals surface area contributed by atoms with Crippen LogP contribution in [0.3, 0.4) is 0 Å². The smallest absolute Gasteiger partial charge is 0.320 e. The highest BCUT2D eigenvalue weighted by atomic mass is 35.5. The molecule has 1 fully saturated rings. The maximum atomic E-state index is 12.2. The van der Waals surface area contributed by atoms with E-state index in [0.29, 0.717) is 13.0 Å². The lowest BCUT2D eigenvalue weighted by Crippen LogP contribution is -2.43. The molecule has 0 radical (unpaired) electrons. The van der Waals surface area contributed by atoms with Gasteiger partial charge in [-0.15, -0.1) is 12.4 Å². The monoisotopic (exact) mass is 340 g/mol. The van der Waals surface area contributed by atoms with Gasteiger partial charge >= 0.3 is 5.97 Å². The normalized spacial score (nSPS) is 19.0. The van der Waals surface area contributed by atoms with E-state index in [1.165, 1.54) is 11.1 Å². The fourth-order valence-electron chi connectivity index (χ4n) is 2.88. The molecule has 0 bridgehead atoms. The first-order valence-corrected chi connectivity index (χ1v) is 7.72. The Morgan fingerprint density at radius 1 is 1.35 bits per heavy atom. The number of hydrogen-bond acceptors (Lipinski definition) is 3. The third kappa shape index (κ3) is 4.94.